The third-order valence-electron chi connectivity index (χ3n) is 3.88. The quantitative estimate of drug-likeness (QED) is 0.833. The van der Waals surface area contributed by atoms with E-state index in [4.69, 9.17) is 0 Å². The van der Waals surface area contributed by atoms with E-state index in [1.165, 1.54) is 27.8 Å². The summed E-state index contributed by atoms with van der Waals surface area (Å²) >= 11 is 0. The molecule has 0 unspecified atom stereocenters. The molecule has 1 nitrogen and oxygen atoms in total. The van der Waals surface area contributed by atoms with Crippen LogP contribution < -0.4 is 0 Å². The van der Waals surface area contributed by atoms with Gasteiger partial charge in [-0.15, -0.1) is 0 Å². The van der Waals surface area contributed by atoms with E-state index in [2.05, 4.69) is 42.5 Å². The van der Waals surface area contributed by atoms with Crippen LogP contribution in [0.2, 0.25) is 0 Å². The Kier molecular flexibility index (Phi) is 3.16. The highest BCUT2D eigenvalue weighted by Crippen LogP contribution is 2.38. The van der Waals surface area contributed by atoms with Crippen LogP contribution in [0, 0.1) is 0 Å². The molecule has 18 heavy (non-hydrogen) atoms. The molecule has 1 aromatic carbocycles. The third-order valence-corrected chi connectivity index (χ3v) is 3.88. The molecule has 1 N–H and O–H groups in total. The van der Waals surface area contributed by atoms with E-state index in [0.29, 0.717) is 0 Å². The van der Waals surface area contributed by atoms with Crippen LogP contribution in [-0.2, 0) is 6.42 Å². The third kappa shape index (κ3) is 1.95. The van der Waals surface area contributed by atoms with Crippen LogP contribution in [0.5, 0.6) is 0 Å². The monoisotopic (exact) mass is 238 g/mol. The van der Waals surface area contributed by atoms with E-state index in [1.54, 1.807) is 0 Å². The SMILES string of the molecule is OCCC1=C2CC=CC=C2CCc2ccccc21. The first-order valence-electron chi connectivity index (χ1n) is 6.67. The Balaban J connectivity index is 2.17. The van der Waals surface area contributed by atoms with Crippen molar-refractivity contribution < 1.29 is 5.11 Å². The van der Waals surface area contributed by atoms with Crippen LogP contribution >= 0.6 is 0 Å². The predicted octanol–water partition coefficient (Wildman–Crippen LogP) is 3.66. The molecule has 2 aliphatic rings. The summed E-state index contributed by atoms with van der Waals surface area (Å²) < 4.78 is 0. The summed E-state index contributed by atoms with van der Waals surface area (Å²) in [4.78, 5) is 0. The van der Waals surface area contributed by atoms with Crippen LogP contribution in [0.3, 0.4) is 0 Å². The first kappa shape index (κ1) is 11.5. The van der Waals surface area contributed by atoms with Crippen LogP contribution in [0.1, 0.15) is 30.4 Å². The molecule has 0 aliphatic heterocycles. The summed E-state index contributed by atoms with van der Waals surface area (Å²) in [5, 5.41) is 9.35. The number of fused-ring (bicyclic) bond motifs is 2. The molecule has 0 saturated carbocycles. The smallest absolute Gasteiger partial charge is 0.0471 e. The second-order valence-electron chi connectivity index (χ2n) is 4.91. The molecule has 3 rings (SSSR count). The fourth-order valence-electron chi connectivity index (χ4n) is 3.01. The maximum Gasteiger partial charge on any atom is 0.0471 e. The molecule has 2 aliphatic carbocycles. The number of allylic oxidation sites excluding steroid dienone is 5. The average molecular weight is 238 g/mol. The van der Waals surface area contributed by atoms with Gasteiger partial charge in [0.05, 0.1) is 0 Å². The van der Waals surface area contributed by atoms with Gasteiger partial charge >= 0.3 is 0 Å². The van der Waals surface area contributed by atoms with Gasteiger partial charge in [-0.1, -0.05) is 42.5 Å². The summed E-state index contributed by atoms with van der Waals surface area (Å²) in [6, 6.07) is 8.64. The minimum atomic E-state index is 0.226. The maximum atomic E-state index is 9.35. The molecule has 92 valence electrons. The van der Waals surface area contributed by atoms with Crippen LogP contribution in [-0.4, -0.2) is 11.7 Å². The van der Waals surface area contributed by atoms with E-state index in [-0.39, 0.29) is 6.61 Å². The summed E-state index contributed by atoms with van der Waals surface area (Å²) in [6.45, 7) is 0.226. The molecular weight excluding hydrogens is 220 g/mol. The maximum absolute atomic E-state index is 9.35. The number of aryl methyl sites for hydroxylation is 1. The van der Waals surface area contributed by atoms with E-state index >= 15 is 0 Å². The molecule has 0 amide bonds. The first-order valence-corrected chi connectivity index (χ1v) is 6.67. The lowest BCUT2D eigenvalue weighted by atomic mass is 9.89. The lowest BCUT2D eigenvalue weighted by Crippen LogP contribution is -1.98. The molecule has 0 fully saturated rings. The molecule has 0 spiro atoms. The van der Waals surface area contributed by atoms with Crippen molar-refractivity contribution in [2.45, 2.75) is 25.7 Å². The molecule has 0 atom stereocenters. The van der Waals surface area contributed by atoms with E-state index in [1.807, 2.05) is 0 Å². The number of rotatable bonds is 2. The normalized spacial score (nSPS) is 17.9. The molecule has 0 heterocycles. The Labute approximate surface area is 108 Å². The van der Waals surface area contributed by atoms with Gasteiger partial charge in [0, 0.05) is 6.61 Å². The minimum Gasteiger partial charge on any atom is -0.396 e. The average Bonchev–Trinajstić information content (AvgIpc) is 2.58. The Morgan fingerprint density at radius 2 is 2.00 bits per heavy atom. The lowest BCUT2D eigenvalue weighted by molar-refractivity contribution is 0.304. The second-order valence-corrected chi connectivity index (χ2v) is 4.91. The zero-order valence-electron chi connectivity index (χ0n) is 10.5. The van der Waals surface area contributed by atoms with Crippen LogP contribution in [0.25, 0.3) is 5.57 Å². The van der Waals surface area contributed by atoms with Crippen molar-refractivity contribution in [3.8, 4) is 0 Å². The summed E-state index contributed by atoms with van der Waals surface area (Å²) in [6.07, 6.45) is 10.6. The fraction of sp³-hybridized carbons (Fsp3) is 0.294. The van der Waals surface area contributed by atoms with Crippen molar-refractivity contribution in [3.63, 3.8) is 0 Å². The van der Waals surface area contributed by atoms with Crippen molar-refractivity contribution in [1.29, 1.82) is 0 Å². The first-order chi connectivity index (χ1) is 8.90. The lowest BCUT2D eigenvalue weighted by Gasteiger charge is -2.16. The molecular formula is C17H18O. The molecule has 0 radical (unpaired) electrons. The molecule has 1 heteroatoms. The van der Waals surface area contributed by atoms with Gasteiger partial charge in [0.1, 0.15) is 0 Å². The van der Waals surface area contributed by atoms with Gasteiger partial charge in [0.15, 0.2) is 0 Å². The molecule has 0 saturated heterocycles. The zero-order chi connectivity index (χ0) is 12.4. The van der Waals surface area contributed by atoms with E-state index < -0.39 is 0 Å². The Morgan fingerprint density at radius 3 is 2.89 bits per heavy atom. The van der Waals surface area contributed by atoms with Gasteiger partial charge in [-0.2, -0.15) is 0 Å². The molecule has 0 bridgehead atoms. The standard InChI is InChI=1S/C17H18O/c18-12-11-17-15-7-3-1-5-13(15)9-10-14-6-2-4-8-16(14)17/h1-7,18H,8-12H2. The predicted molar refractivity (Wildman–Crippen MR) is 75.2 cm³/mol. The Morgan fingerprint density at radius 1 is 1.11 bits per heavy atom. The van der Waals surface area contributed by atoms with Crippen molar-refractivity contribution >= 4 is 5.57 Å². The highest BCUT2D eigenvalue weighted by molar-refractivity contribution is 5.76. The Bertz CT molecular complexity index is 546. The zero-order valence-corrected chi connectivity index (χ0v) is 10.5. The highest BCUT2D eigenvalue weighted by Gasteiger charge is 2.19. The van der Waals surface area contributed by atoms with Crippen LogP contribution in [0.15, 0.2) is 53.6 Å². The van der Waals surface area contributed by atoms with Crippen LogP contribution in [0.4, 0.5) is 0 Å². The summed E-state index contributed by atoms with van der Waals surface area (Å²) in [5.74, 6) is 0. The highest BCUT2D eigenvalue weighted by atomic mass is 16.2. The van der Waals surface area contributed by atoms with Gasteiger partial charge < -0.3 is 5.11 Å². The fourth-order valence-corrected chi connectivity index (χ4v) is 3.01. The van der Waals surface area contributed by atoms with E-state index in [9.17, 15) is 5.11 Å². The Hall–Kier alpha value is -1.60. The molecule has 0 aromatic heterocycles. The number of hydrogen-bond acceptors (Lipinski definition) is 1. The number of aliphatic hydroxyl groups is 1. The topological polar surface area (TPSA) is 20.2 Å². The van der Waals surface area contributed by atoms with Crippen molar-refractivity contribution in [3.05, 3.63) is 64.8 Å². The van der Waals surface area contributed by atoms with E-state index in [0.717, 1.165) is 25.7 Å². The number of aliphatic hydroxyl groups excluding tert-OH is 1. The van der Waals surface area contributed by atoms with Crippen molar-refractivity contribution in [2.24, 2.45) is 0 Å². The minimum absolute atomic E-state index is 0.226. The van der Waals surface area contributed by atoms with Gasteiger partial charge in [-0.05, 0) is 53.5 Å². The van der Waals surface area contributed by atoms with Gasteiger partial charge in [0.2, 0.25) is 0 Å². The number of benzene rings is 1. The largest absolute Gasteiger partial charge is 0.396 e. The van der Waals surface area contributed by atoms with Crippen molar-refractivity contribution in [1.82, 2.24) is 0 Å². The van der Waals surface area contributed by atoms with Gasteiger partial charge in [0.25, 0.3) is 0 Å². The van der Waals surface area contributed by atoms with Crippen molar-refractivity contribution in [2.75, 3.05) is 6.61 Å². The number of hydrogen-bond donors (Lipinski definition) is 1. The van der Waals surface area contributed by atoms with Gasteiger partial charge in [-0.25, -0.2) is 0 Å². The molecule has 1 aromatic rings. The summed E-state index contributed by atoms with van der Waals surface area (Å²) in [5.41, 5.74) is 7.01. The second kappa shape index (κ2) is 4.95. The van der Waals surface area contributed by atoms with Gasteiger partial charge in [-0.3, -0.25) is 0 Å². The summed E-state index contributed by atoms with van der Waals surface area (Å²) in [7, 11) is 0.